The van der Waals surface area contributed by atoms with Crippen molar-refractivity contribution in [3.8, 4) is 0 Å². The van der Waals surface area contributed by atoms with Crippen LogP contribution in [-0.4, -0.2) is 17.3 Å². The molecular formula is C18H21NO2. The second kappa shape index (κ2) is 8.25. The minimum atomic E-state index is -0.598. The molecule has 0 saturated heterocycles. The van der Waals surface area contributed by atoms with E-state index >= 15 is 0 Å². The standard InChI is InChI=1S/C18H21NO2/c1-2-9-17(20)18(14-15-10-5-3-6-11-15)21-19-16-12-7-4-8-13-16/h2-8,10-13,17-20H,1,9,14H2/t17?,18-/m1/s1. The van der Waals surface area contributed by atoms with Gasteiger partial charge in [-0.3, -0.25) is 10.3 Å². The van der Waals surface area contributed by atoms with Crippen LogP contribution < -0.4 is 5.48 Å². The highest BCUT2D eigenvalue weighted by molar-refractivity contribution is 5.40. The number of aliphatic hydroxyl groups is 1. The first-order valence-electron chi connectivity index (χ1n) is 7.09. The highest BCUT2D eigenvalue weighted by Gasteiger charge is 2.20. The van der Waals surface area contributed by atoms with Gasteiger partial charge in [-0.05, 0) is 24.1 Å². The summed E-state index contributed by atoms with van der Waals surface area (Å²) >= 11 is 0. The average Bonchev–Trinajstić information content (AvgIpc) is 2.53. The van der Waals surface area contributed by atoms with Crippen LogP contribution in [0.3, 0.4) is 0 Å². The van der Waals surface area contributed by atoms with Gasteiger partial charge in [0, 0.05) is 6.42 Å². The number of aliphatic hydroxyl groups excluding tert-OH is 1. The van der Waals surface area contributed by atoms with Crippen LogP contribution in [0.15, 0.2) is 73.3 Å². The quantitative estimate of drug-likeness (QED) is 0.575. The van der Waals surface area contributed by atoms with Gasteiger partial charge in [-0.25, -0.2) is 0 Å². The van der Waals surface area contributed by atoms with E-state index in [9.17, 15) is 5.11 Å². The molecule has 2 rings (SSSR count). The molecule has 0 saturated carbocycles. The Kier molecular flexibility index (Phi) is 6.00. The second-order valence-electron chi connectivity index (χ2n) is 4.91. The van der Waals surface area contributed by atoms with Crippen molar-refractivity contribution >= 4 is 5.69 Å². The molecule has 2 aromatic carbocycles. The molecule has 0 aliphatic rings. The third kappa shape index (κ3) is 5.06. The van der Waals surface area contributed by atoms with Crippen LogP contribution in [0.25, 0.3) is 0 Å². The largest absolute Gasteiger partial charge is 0.390 e. The Hall–Kier alpha value is -2.10. The van der Waals surface area contributed by atoms with Gasteiger partial charge in [0.25, 0.3) is 0 Å². The molecule has 2 atom stereocenters. The van der Waals surface area contributed by atoms with E-state index < -0.39 is 6.10 Å². The van der Waals surface area contributed by atoms with Gasteiger partial charge in [0.1, 0.15) is 6.10 Å². The molecule has 0 aliphatic carbocycles. The Balaban J connectivity index is 2.00. The fourth-order valence-corrected chi connectivity index (χ4v) is 2.08. The summed E-state index contributed by atoms with van der Waals surface area (Å²) in [6.45, 7) is 3.67. The molecule has 0 bridgehead atoms. The summed E-state index contributed by atoms with van der Waals surface area (Å²) in [6.07, 6.45) is 1.89. The molecule has 3 heteroatoms. The van der Waals surface area contributed by atoms with Crippen molar-refractivity contribution in [1.82, 2.24) is 0 Å². The zero-order chi connectivity index (χ0) is 14.9. The number of anilines is 1. The molecule has 110 valence electrons. The van der Waals surface area contributed by atoms with Gasteiger partial charge in [0.2, 0.25) is 0 Å². The maximum atomic E-state index is 10.2. The normalized spacial score (nSPS) is 13.4. The van der Waals surface area contributed by atoms with Crippen molar-refractivity contribution in [2.24, 2.45) is 0 Å². The molecule has 3 nitrogen and oxygen atoms in total. The molecule has 0 spiro atoms. The summed E-state index contributed by atoms with van der Waals surface area (Å²) in [5, 5.41) is 10.2. The maximum Gasteiger partial charge on any atom is 0.115 e. The number of benzene rings is 2. The van der Waals surface area contributed by atoms with E-state index in [1.165, 1.54) is 0 Å². The molecule has 0 heterocycles. The van der Waals surface area contributed by atoms with Gasteiger partial charge < -0.3 is 5.11 Å². The summed E-state index contributed by atoms with van der Waals surface area (Å²) in [5.41, 5.74) is 4.90. The van der Waals surface area contributed by atoms with Gasteiger partial charge in [-0.1, -0.05) is 54.6 Å². The Morgan fingerprint density at radius 1 is 1.05 bits per heavy atom. The Morgan fingerprint density at radius 2 is 1.67 bits per heavy atom. The zero-order valence-corrected chi connectivity index (χ0v) is 12.0. The Morgan fingerprint density at radius 3 is 2.29 bits per heavy atom. The van der Waals surface area contributed by atoms with E-state index in [0.29, 0.717) is 12.8 Å². The fraction of sp³-hybridized carbons (Fsp3) is 0.222. The molecule has 2 N–H and O–H groups in total. The topological polar surface area (TPSA) is 41.5 Å². The van der Waals surface area contributed by atoms with E-state index in [1.807, 2.05) is 60.7 Å². The smallest absolute Gasteiger partial charge is 0.115 e. The van der Waals surface area contributed by atoms with Gasteiger partial charge >= 0.3 is 0 Å². The minimum absolute atomic E-state index is 0.342. The third-order valence-corrected chi connectivity index (χ3v) is 3.22. The molecule has 1 unspecified atom stereocenters. The van der Waals surface area contributed by atoms with Crippen LogP contribution in [0.4, 0.5) is 5.69 Å². The van der Waals surface area contributed by atoms with Crippen LogP contribution >= 0.6 is 0 Å². The first-order valence-corrected chi connectivity index (χ1v) is 7.09. The molecule has 21 heavy (non-hydrogen) atoms. The summed E-state index contributed by atoms with van der Waals surface area (Å²) in [5.74, 6) is 0. The lowest BCUT2D eigenvalue weighted by Crippen LogP contribution is -2.32. The zero-order valence-electron chi connectivity index (χ0n) is 12.0. The summed E-state index contributed by atoms with van der Waals surface area (Å²) in [7, 11) is 0. The van der Waals surface area contributed by atoms with Crippen LogP contribution in [0.1, 0.15) is 12.0 Å². The number of hydrogen-bond donors (Lipinski definition) is 2. The number of hydrogen-bond acceptors (Lipinski definition) is 3. The SMILES string of the molecule is C=CCC(O)[C@@H](Cc1ccccc1)ONc1ccccc1. The average molecular weight is 283 g/mol. The van der Waals surface area contributed by atoms with E-state index in [1.54, 1.807) is 6.08 Å². The van der Waals surface area contributed by atoms with Crippen molar-refractivity contribution in [1.29, 1.82) is 0 Å². The lowest BCUT2D eigenvalue weighted by atomic mass is 10.0. The lowest BCUT2D eigenvalue weighted by Gasteiger charge is -2.23. The van der Waals surface area contributed by atoms with E-state index in [4.69, 9.17) is 4.84 Å². The highest BCUT2D eigenvalue weighted by Crippen LogP contribution is 2.14. The minimum Gasteiger partial charge on any atom is -0.390 e. The summed E-state index contributed by atoms with van der Waals surface area (Å²) in [6, 6.07) is 19.6. The van der Waals surface area contributed by atoms with Crippen molar-refractivity contribution in [2.75, 3.05) is 5.48 Å². The monoisotopic (exact) mass is 283 g/mol. The molecule has 2 aromatic rings. The molecule has 0 radical (unpaired) electrons. The number of nitrogens with one attached hydrogen (secondary N) is 1. The van der Waals surface area contributed by atoms with Crippen LogP contribution in [0.5, 0.6) is 0 Å². The molecule has 0 fully saturated rings. The van der Waals surface area contributed by atoms with Gasteiger partial charge in [-0.15, -0.1) is 6.58 Å². The third-order valence-electron chi connectivity index (χ3n) is 3.22. The van der Waals surface area contributed by atoms with Crippen LogP contribution in [0, 0.1) is 0 Å². The van der Waals surface area contributed by atoms with Crippen molar-refractivity contribution in [2.45, 2.75) is 25.0 Å². The van der Waals surface area contributed by atoms with Crippen LogP contribution in [-0.2, 0) is 11.3 Å². The van der Waals surface area contributed by atoms with Gasteiger partial charge in [0.15, 0.2) is 0 Å². The van der Waals surface area contributed by atoms with Crippen molar-refractivity contribution in [3.63, 3.8) is 0 Å². The van der Waals surface area contributed by atoms with E-state index in [2.05, 4.69) is 12.1 Å². The van der Waals surface area contributed by atoms with Gasteiger partial charge in [0.05, 0.1) is 11.8 Å². The lowest BCUT2D eigenvalue weighted by molar-refractivity contribution is -0.0104. The van der Waals surface area contributed by atoms with E-state index in [-0.39, 0.29) is 6.10 Å². The predicted octanol–water partition coefficient (Wildman–Crippen LogP) is 3.58. The van der Waals surface area contributed by atoms with Gasteiger partial charge in [-0.2, -0.15) is 0 Å². The maximum absolute atomic E-state index is 10.2. The predicted molar refractivity (Wildman–Crippen MR) is 85.9 cm³/mol. The highest BCUT2D eigenvalue weighted by atomic mass is 16.7. The first-order chi connectivity index (χ1) is 10.3. The molecule has 0 aliphatic heterocycles. The summed E-state index contributed by atoms with van der Waals surface area (Å²) < 4.78 is 0. The first kappa shape index (κ1) is 15.3. The summed E-state index contributed by atoms with van der Waals surface area (Å²) in [4.78, 5) is 5.70. The molecular weight excluding hydrogens is 262 g/mol. The number of rotatable bonds is 8. The second-order valence-corrected chi connectivity index (χ2v) is 4.91. The molecule has 0 aromatic heterocycles. The molecule has 0 amide bonds. The van der Waals surface area contributed by atoms with Crippen molar-refractivity contribution in [3.05, 3.63) is 78.9 Å². The van der Waals surface area contributed by atoms with Crippen molar-refractivity contribution < 1.29 is 9.94 Å². The number of para-hydroxylation sites is 1. The Bertz CT molecular complexity index is 527. The fourth-order valence-electron chi connectivity index (χ4n) is 2.08. The Labute approximate surface area is 125 Å². The van der Waals surface area contributed by atoms with E-state index in [0.717, 1.165) is 11.3 Å². The van der Waals surface area contributed by atoms with Crippen LogP contribution in [0.2, 0.25) is 0 Å².